The van der Waals surface area contributed by atoms with Crippen molar-refractivity contribution in [2.75, 3.05) is 13.1 Å². The van der Waals surface area contributed by atoms with Crippen LogP contribution in [0.25, 0.3) is 6.08 Å². The predicted octanol–water partition coefficient (Wildman–Crippen LogP) is 2.29. The van der Waals surface area contributed by atoms with Crippen LogP contribution in [0.1, 0.15) is 36.0 Å². The molecular formula is C16H20N4O2S. The topological polar surface area (TPSA) is 79.0 Å². The Morgan fingerprint density at radius 3 is 2.52 bits per heavy atom. The summed E-state index contributed by atoms with van der Waals surface area (Å²) >= 11 is 0. The van der Waals surface area contributed by atoms with Crippen LogP contribution in [0.3, 0.4) is 0 Å². The van der Waals surface area contributed by atoms with E-state index in [9.17, 15) is 8.42 Å². The molecule has 2 heterocycles. The Balaban J connectivity index is 1.63. The first-order valence-electron chi connectivity index (χ1n) is 7.67. The van der Waals surface area contributed by atoms with Crippen LogP contribution in [-0.2, 0) is 10.0 Å². The highest BCUT2D eigenvalue weighted by atomic mass is 32.2. The van der Waals surface area contributed by atoms with Crippen LogP contribution in [0, 0.1) is 6.92 Å². The number of nitrogens with one attached hydrogen (secondary N) is 1. The van der Waals surface area contributed by atoms with Gasteiger partial charge >= 0.3 is 0 Å². The van der Waals surface area contributed by atoms with Gasteiger partial charge in [0.25, 0.3) is 0 Å². The summed E-state index contributed by atoms with van der Waals surface area (Å²) in [5.74, 6) is 1.81. The molecule has 0 aliphatic carbocycles. The Labute approximate surface area is 136 Å². The van der Waals surface area contributed by atoms with Crippen molar-refractivity contribution in [1.82, 2.24) is 19.5 Å². The van der Waals surface area contributed by atoms with Gasteiger partial charge in [0.1, 0.15) is 5.82 Å². The van der Waals surface area contributed by atoms with Crippen molar-refractivity contribution in [3.63, 3.8) is 0 Å². The number of H-pyrrole nitrogens is 1. The van der Waals surface area contributed by atoms with Gasteiger partial charge in [0.2, 0.25) is 10.0 Å². The number of piperidine rings is 1. The number of sulfonamides is 1. The normalized spacial score (nSPS) is 17.8. The lowest BCUT2D eigenvalue weighted by atomic mass is 9.98. The smallest absolute Gasteiger partial charge is 0.236 e. The zero-order chi connectivity index (χ0) is 16.3. The Kier molecular flexibility index (Phi) is 4.58. The second kappa shape index (κ2) is 6.64. The molecule has 3 rings (SSSR count). The van der Waals surface area contributed by atoms with E-state index in [4.69, 9.17) is 0 Å². The van der Waals surface area contributed by atoms with Gasteiger partial charge in [-0.25, -0.2) is 13.4 Å². The van der Waals surface area contributed by atoms with E-state index in [0.29, 0.717) is 13.1 Å². The molecule has 0 unspecified atom stereocenters. The molecule has 0 radical (unpaired) electrons. The highest BCUT2D eigenvalue weighted by molar-refractivity contribution is 7.92. The number of nitrogens with zero attached hydrogens (tertiary/aromatic N) is 3. The SMILES string of the molecule is Cc1nc(C2CCN(S(=O)(=O)C=Cc3ccccc3)CC2)n[nH]1. The number of rotatable bonds is 4. The molecule has 1 aliphatic rings. The summed E-state index contributed by atoms with van der Waals surface area (Å²) < 4.78 is 26.3. The molecule has 23 heavy (non-hydrogen) atoms. The van der Waals surface area contributed by atoms with Crippen molar-refractivity contribution in [2.24, 2.45) is 0 Å². The predicted molar refractivity (Wildman–Crippen MR) is 89.1 cm³/mol. The molecule has 6 nitrogen and oxygen atoms in total. The molecule has 1 aromatic carbocycles. The number of aromatic amines is 1. The second-order valence-corrected chi connectivity index (χ2v) is 7.53. The Bertz CT molecular complexity index is 775. The fourth-order valence-electron chi connectivity index (χ4n) is 2.73. The van der Waals surface area contributed by atoms with E-state index in [-0.39, 0.29) is 5.92 Å². The lowest BCUT2D eigenvalue weighted by Gasteiger charge is -2.28. The first kappa shape index (κ1) is 15.9. The highest BCUT2D eigenvalue weighted by Crippen LogP contribution is 2.27. The third-order valence-electron chi connectivity index (χ3n) is 4.03. The van der Waals surface area contributed by atoms with E-state index in [1.165, 1.54) is 9.71 Å². The van der Waals surface area contributed by atoms with Crippen molar-refractivity contribution in [2.45, 2.75) is 25.7 Å². The van der Waals surface area contributed by atoms with Crippen molar-refractivity contribution >= 4 is 16.1 Å². The summed E-state index contributed by atoms with van der Waals surface area (Å²) in [4.78, 5) is 4.35. The molecule has 1 saturated heterocycles. The summed E-state index contributed by atoms with van der Waals surface area (Å²) in [6.45, 7) is 2.86. The maximum atomic E-state index is 12.4. The van der Waals surface area contributed by atoms with E-state index >= 15 is 0 Å². The Morgan fingerprint density at radius 1 is 1.22 bits per heavy atom. The quantitative estimate of drug-likeness (QED) is 0.932. The van der Waals surface area contributed by atoms with Crippen LogP contribution in [0.2, 0.25) is 0 Å². The maximum absolute atomic E-state index is 12.4. The van der Waals surface area contributed by atoms with Crippen LogP contribution in [0.4, 0.5) is 0 Å². The van der Waals surface area contributed by atoms with Crippen LogP contribution in [0.15, 0.2) is 35.7 Å². The number of aryl methyl sites for hydroxylation is 1. The van der Waals surface area contributed by atoms with Gasteiger partial charge < -0.3 is 0 Å². The van der Waals surface area contributed by atoms with E-state index in [1.54, 1.807) is 6.08 Å². The maximum Gasteiger partial charge on any atom is 0.236 e. The minimum atomic E-state index is -3.38. The standard InChI is InChI=1S/C16H20N4O2S/c1-13-17-16(19-18-13)15-7-10-20(11-8-15)23(21,22)12-9-14-5-3-2-4-6-14/h2-6,9,12,15H,7-8,10-11H2,1H3,(H,17,18,19). The van der Waals surface area contributed by atoms with Gasteiger partial charge in [-0.3, -0.25) is 5.10 Å². The number of benzene rings is 1. The number of hydrogen-bond donors (Lipinski definition) is 1. The third kappa shape index (κ3) is 3.86. The van der Waals surface area contributed by atoms with Crippen molar-refractivity contribution in [1.29, 1.82) is 0 Å². The summed E-state index contributed by atoms with van der Waals surface area (Å²) in [5, 5.41) is 8.32. The van der Waals surface area contributed by atoms with Crippen molar-refractivity contribution < 1.29 is 8.42 Å². The molecule has 1 fully saturated rings. The monoisotopic (exact) mass is 332 g/mol. The molecule has 0 spiro atoms. The van der Waals surface area contributed by atoms with Crippen LogP contribution < -0.4 is 0 Å². The molecule has 0 atom stereocenters. The van der Waals surface area contributed by atoms with Crippen molar-refractivity contribution in [3.05, 3.63) is 53.0 Å². The first-order valence-corrected chi connectivity index (χ1v) is 9.17. The van der Waals surface area contributed by atoms with Gasteiger partial charge in [-0.15, -0.1) is 0 Å². The van der Waals surface area contributed by atoms with Gasteiger partial charge in [-0.1, -0.05) is 30.3 Å². The largest absolute Gasteiger partial charge is 0.263 e. The van der Waals surface area contributed by atoms with Crippen LogP contribution in [0.5, 0.6) is 0 Å². The fourth-order valence-corrected chi connectivity index (χ4v) is 3.95. The van der Waals surface area contributed by atoms with Crippen molar-refractivity contribution in [3.8, 4) is 0 Å². The van der Waals surface area contributed by atoms with Gasteiger partial charge in [-0.05, 0) is 31.4 Å². The zero-order valence-corrected chi connectivity index (χ0v) is 13.8. The lowest BCUT2D eigenvalue weighted by Crippen LogP contribution is -2.36. The zero-order valence-electron chi connectivity index (χ0n) is 13.0. The highest BCUT2D eigenvalue weighted by Gasteiger charge is 2.28. The number of hydrogen-bond acceptors (Lipinski definition) is 4. The summed E-state index contributed by atoms with van der Waals surface area (Å²) in [6, 6.07) is 9.43. The Morgan fingerprint density at radius 2 is 1.91 bits per heavy atom. The molecule has 1 N–H and O–H groups in total. The summed E-state index contributed by atoms with van der Waals surface area (Å²) in [5.41, 5.74) is 0.877. The summed E-state index contributed by atoms with van der Waals surface area (Å²) in [7, 11) is -3.38. The first-order chi connectivity index (χ1) is 11.0. The Hall–Kier alpha value is -1.99. The van der Waals surface area contributed by atoms with Gasteiger partial charge in [-0.2, -0.15) is 9.40 Å². The minimum Gasteiger partial charge on any atom is -0.263 e. The molecule has 7 heteroatoms. The third-order valence-corrected chi connectivity index (χ3v) is 5.59. The molecule has 1 aliphatic heterocycles. The van der Waals surface area contributed by atoms with Gasteiger partial charge in [0.05, 0.1) is 0 Å². The van der Waals surface area contributed by atoms with E-state index in [2.05, 4.69) is 15.2 Å². The molecule has 2 aromatic rings. The van der Waals surface area contributed by atoms with E-state index in [1.807, 2.05) is 37.3 Å². The molecular weight excluding hydrogens is 312 g/mol. The van der Waals surface area contributed by atoms with Gasteiger partial charge in [0.15, 0.2) is 5.82 Å². The summed E-state index contributed by atoms with van der Waals surface area (Å²) in [6.07, 6.45) is 3.13. The van der Waals surface area contributed by atoms with E-state index in [0.717, 1.165) is 30.1 Å². The molecule has 0 bridgehead atoms. The minimum absolute atomic E-state index is 0.226. The average molecular weight is 332 g/mol. The molecule has 0 amide bonds. The van der Waals surface area contributed by atoms with E-state index < -0.39 is 10.0 Å². The molecule has 0 saturated carbocycles. The average Bonchev–Trinajstić information content (AvgIpc) is 3.01. The van der Waals surface area contributed by atoms with Crippen LogP contribution in [-0.4, -0.2) is 41.0 Å². The fraction of sp³-hybridized carbons (Fsp3) is 0.375. The molecule has 122 valence electrons. The molecule has 1 aromatic heterocycles. The second-order valence-electron chi connectivity index (χ2n) is 5.71. The van der Waals surface area contributed by atoms with Crippen LogP contribution >= 0.6 is 0 Å². The lowest BCUT2D eigenvalue weighted by molar-refractivity contribution is 0.317. The number of aromatic nitrogens is 3. The van der Waals surface area contributed by atoms with Gasteiger partial charge in [0, 0.05) is 24.4 Å².